The van der Waals surface area contributed by atoms with Gasteiger partial charge in [0.05, 0.1) is 18.3 Å². The van der Waals surface area contributed by atoms with Crippen LogP contribution in [0.1, 0.15) is 11.1 Å². The third-order valence-electron chi connectivity index (χ3n) is 3.37. The smallest absolute Gasteiger partial charge is 0.375 e. The third-order valence-corrected chi connectivity index (χ3v) is 4.39. The molecule has 0 saturated carbocycles. The summed E-state index contributed by atoms with van der Waals surface area (Å²) in [5.41, 5.74) is 0.0853. The van der Waals surface area contributed by atoms with Gasteiger partial charge in [-0.1, -0.05) is 18.2 Å². The summed E-state index contributed by atoms with van der Waals surface area (Å²) in [5.74, 6) is 1.86. The number of thioether (sulfide) groups is 1. The quantitative estimate of drug-likeness (QED) is 0.924. The van der Waals surface area contributed by atoms with Gasteiger partial charge in [-0.2, -0.15) is 24.9 Å². The molecule has 0 aromatic heterocycles. The normalized spacial score (nSPS) is 21.7. The average Bonchev–Trinajstić information content (AvgIpc) is 2.45. The molecule has 0 bridgehead atoms. The third kappa shape index (κ3) is 4.14. The molecule has 0 spiro atoms. The van der Waals surface area contributed by atoms with Crippen LogP contribution in [0.2, 0.25) is 0 Å². The molecule has 0 aliphatic carbocycles. The molecule has 0 radical (unpaired) electrons. The van der Waals surface area contributed by atoms with Gasteiger partial charge in [0.15, 0.2) is 0 Å². The molecule has 1 fully saturated rings. The van der Waals surface area contributed by atoms with Crippen LogP contribution in [0.4, 0.5) is 13.2 Å². The average molecular weight is 305 g/mol. The van der Waals surface area contributed by atoms with E-state index >= 15 is 0 Å². The second-order valence-corrected chi connectivity index (χ2v) is 5.93. The van der Waals surface area contributed by atoms with Gasteiger partial charge in [0.2, 0.25) is 0 Å². The molecule has 1 aromatic rings. The zero-order valence-electron chi connectivity index (χ0n) is 11.2. The van der Waals surface area contributed by atoms with Crippen LogP contribution in [0.3, 0.4) is 0 Å². The van der Waals surface area contributed by atoms with Gasteiger partial charge < -0.3 is 10.1 Å². The Morgan fingerprint density at radius 3 is 2.85 bits per heavy atom. The first-order chi connectivity index (χ1) is 9.50. The summed E-state index contributed by atoms with van der Waals surface area (Å²) in [7, 11) is 1.82. The molecule has 1 N–H and O–H groups in total. The van der Waals surface area contributed by atoms with E-state index in [1.165, 1.54) is 12.1 Å². The maximum atomic E-state index is 12.7. The first-order valence-corrected chi connectivity index (χ1v) is 7.69. The van der Waals surface area contributed by atoms with Crippen molar-refractivity contribution in [1.82, 2.24) is 5.32 Å². The van der Waals surface area contributed by atoms with Crippen molar-refractivity contribution in [3.05, 3.63) is 35.4 Å². The molecule has 0 amide bonds. The molecule has 2 nitrogen and oxygen atoms in total. The van der Waals surface area contributed by atoms with E-state index in [0.717, 1.165) is 17.6 Å². The van der Waals surface area contributed by atoms with Crippen LogP contribution < -0.4 is 5.32 Å². The molecule has 2 atom stereocenters. The van der Waals surface area contributed by atoms with Crippen LogP contribution in [0.5, 0.6) is 0 Å². The number of halogens is 3. The van der Waals surface area contributed by atoms with E-state index in [1.807, 2.05) is 18.8 Å². The summed E-state index contributed by atoms with van der Waals surface area (Å²) < 4.78 is 43.8. The lowest BCUT2D eigenvalue weighted by Gasteiger charge is -2.30. The first-order valence-electron chi connectivity index (χ1n) is 6.53. The minimum atomic E-state index is -4.29. The van der Waals surface area contributed by atoms with E-state index in [4.69, 9.17) is 4.74 Å². The van der Waals surface area contributed by atoms with E-state index in [2.05, 4.69) is 5.32 Å². The SMILES string of the molecule is CNC(Cc1cccc(C(F)(F)F)c1)C1CSCCO1. The highest BCUT2D eigenvalue weighted by Gasteiger charge is 2.31. The molecule has 112 valence electrons. The van der Waals surface area contributed by atoms with Crippen LogP contribution in [-0.4, -0.2) is 37.3 Å². The number of hydrogen-bond donors (Lipinski definition) is 1. The highest BCUT2D eigenvalue weighted by atomic mass is 32.2. The Hall–Kier alpha value is -0.720. The van der Waals surface area contributed by atoms with E-state index in [9.17, 15) is 13.2 Å². The van der Waals surface area contributed by atoms with Crippen molar-refractivity contribution in [2.24, 2.45) is 0 Å². The molecular weight excluding hydrogens is 287 g/mol. The second kappa shape index (κ2) is 6.83. The molecule has 1 saturated heterocycles. The Morgan fingerprint density at radius 1 is 1.45 bits per heavy atom. The maximum absolute atomic E-state index is 12.7. The molecule has 20 heavy (non-hydrogen) atoms. The summed E-state index contributed by atoms with van der Waals surface area (Å²) in [6, 6.07) is 5.55. The maximum Gasteiger partial charge on any atom is 0.416 e. The van der Waals surface area contributed by atoms with Gasteiger partial charge in [0.1, 0.15) is 0 Å². The fourth-order valence-electron chi connectivity index (χ4n) is 2.29. The number of likely N-dealkylation sites (N-methyl/N-ethyl adjacent to an activating group) is 1. The number of hydrogen-bond acceptors (Lipinski definition) is 3. The molecular formula is C14H18F3NOS. The summed E-state index contributed by atoms with van der Waals surface area (Å²) in [6.07, 6.45) is -3.71. The highest BCUT2D eigenvalue weighted by Crippen LogP contribution is 2.30. The Labute approximate surface area is 121 Å². The number of nitrogens with one attached hydrogen (secondary N) is 1. The lowest BCUT2D eigenvalue weighted by molar-refractivity contribution is -0.137. The number of ether oxygens (including phenoxy) is 1. The molecule has 1 aliphatic rings. The van der Waals surface area contributed by atoms with E-state index in [1.54, 1.807) is 6.07 Å². The van der Waals surface area contributed by atoms with Gasteiger partial charge in [-0.05, 0) is 25.1 Å². The lowest BCUT2D eigenvalue weighted by atomic mass is 10.00. The standard InChI is InChI=1S/C14H18F3NOS/c1-18-12(13-9-20-6-5-19-13)8-10-3-2-4-11(7-10)14(15,16)17/h2-4,7,12-13,18H,5-6,8-9H2,1H3. The predicted octanol–water partition coefficient (Wildman–Crippen LogP) is 2.97. The summed E-state index contributed by atoms with van der Waals surface area (Å²) >= 11 is 1.82. The Balaban J connectivity index is 2.07. The largest absolute Gasteiger partial charge is 0.416 e. The predicted molar refractivity (Wildman–Crippen MR) is 75.1 cm³/mol. The monoisotopic (exact) mass is 305 g/mol. The van der Waals surface area contributed by atoms with Gasteiger partial charge in [0, 0.05) is 17.5 Å². The zero-order chi connectivity index (χ0) is 14.6. The Bertz CT molecular complexity index is 433. The molecule has 1 heterocycles. The van der Waals surface area contributed by atoms with Crippen molar-refractivity contribution in [2.75, 3.05) is 25.2 Å². The minimum Gasteiger partial charge on any atom is -0.375 e. The number of alkyl halides is 3. The van der Waals surface area contributed by atoms with Crippen LogP contribution in [0.15, 0.2) is 24.3 Å². The van der Waals surface area contributed by atoms with Crippen molar-refractivity contribution < 1.29 is 17.9 Å². The minimum absolute atomic E-state index is 0.0336. The van der Waals surface area contributed by atoms with Crippen LogP contribution in [-0.2, 0) is 17.3 Å². The first kappa shape index (κ1) is 15.7. The topological polar surface area (TPSA) is 21.3 Å². The van der Waals surface area contributed by atoms with Gasteiger partial charge >= 0.3 is 6.18 Å². The van der Waals surface area contributed by atoms with E-state index in [0.29, 0.717) is 18.6 Å². The molecule has 2 unspecified atom stereocenters. The highest BCUT2D eigenvalue weighted by molar-refractivity contribution is 7.99. The van der Waals surface area contributed by atoms with Gasteiger partial charge in [-0.15, -0.1) is 0 Å². The molecule has 1 aromatic carbocycles. The van der Waals surface area contributed by atoms with Crippen molar-refractivity contribution in [3.8, 4) is 0 Å². The van der Waals surface area contributed by atoms with Gasteiger partial charge in [0.25, 0.3) is 0 Å². The van der Waals surface area contributed by atoms with Crippen LogP contribution >= 0.6 is 11.8 Å². The molecule has 1 aliphatic heterocycles. The fourth-order valence-corrected chi connectivity index (χ4v) is 3.23. The van der Waals surface area contributed by atoms with Gasteiger partial charge in [-0.3, -0.25) is 0 Å². The zero-order valence-corrected chi connectivity index (χ0v) is 12.1. The number of rotatable bonds is 4. The van der Waals surface area contributed by atoms with E-state index in [-0.39, 0.29) is 12.1 Å². The van der Waals surface area contributed by atoms with Crippen LogP contribution in [0.25, 0.3) is 0 Å². The number of benzene rings is 1. The lowest BCUT2D eigenvalue weighted by Crippen LogP contribution is -2.44. The van der Waals surface area contributed by atoms with Crippen molar-refractivity contribution in [3.63, 3.8) is 0 Å². The summed E-state index contributed by atoms with van der Waals surface area (Å²) in [4.78, 5) is 0. The van der Waals surface area contributed by atoms with E-state index < -0.39 is 11.7 Å². The molecule has 2 rings (SSSR count). The Kier molecular flexibility index (Phi) is 5.35. The summed E-state index contributed by atoms with van der Waals surface area (Å²) in [5, 5.41) is 3.16. The Morgan fingerprint density at radius 2 is 2.25 bits per heavy atom. The van der Waals surface area contributed by atoms with Crippen LogP contribution in [0, 0.1) is 0 Å². The van der Waals surface area contributed by atoms with Gasteiger partial charge in [-0.25, -0.2) is 0 Å². The molecule has 6 heteroatoms. The van der Waals surface area contributed by atoms with Crippen molar-refractivity contribution >= 4 is 11.8 Å². The van der Waals surface area contributed by atoms with Crippen molar-refractivity contribution in [1.29, 1.82) is 0 Å². The second-order valence-electron chi connectivity index (χ2n) is 4.78. The summed E-state index contributed by atoms with van der Waals surface area (Å²) in [6.45, 7) is 0.704. The van der Waals surface area contributed by atoms with Crippen molar-refractivity contribution in [2.45, 2.75) is 24.7 Å². The fraction of sp³-hybridized carbons (Fsp3) is 0.571.